The molecule has 0 amide bonds. The molecule has 1 saturated carbocycles. The van der Waals surface area contributed by atoms with Crippen molar-refractivity contribution < 1.29 is 8.81 Å². The number of hydrogen-bond acceptors (Lipinski definition) is 2. The van der Waals surface area contributed by atoms with Gasteiger partial charge in [-0.1, -0.05) is 32.1 Å². The average molecular weight is 275 g/mol. The average Bonchev–Trinajstić information content (AvgIpc) is 2.80. The molecule has 1 aliphatic rings. The fraction of sp³-hybridized carbons (Fsp3) is 0.529. The van der Waals surface area contributed by atoms with Crippen molar-refractivity contribution in [1.29, 1.82) is 0 Å². The second-order valence-electron chi connectivity index (χ2n) is 5.96. The highest BCUT2D eigenvalue weighted by atomic mass is 19.1. The van der Waals surface area contributed by atoms with E-state index in [1.807, 2.05) is 6.07 Å². The lowest BCUT2D eigenvalue weighted by Gasteiger charge is -2.24. The smallest absolute Gasteiger partial charge is 0.134 e. The number of nitrogens with two attached hydrogens (primary N) is 1. The number of furan rings is 1. The van der Waals surface area contributed by atoms with Crippen LogP contribution in [0.5, 0.6) is 0 Å². The van der Waals surface area contributed by atoms with Gasteiger partial charge in [-0.05, 0) is 43.0 Å². The van der Waals surface area contributed by atoms with Gasteiger partial charge in [-0.15, -0.1) is 0 Å². The molecule has 0 spiro atoms. The molecule has 1 aromatic carbocycles. The molecule has 1 heterocycles. The maximum absolute atomic E-state index is 13.2. The van der Waals surface area contributed by atoms with Crippen molar-refractivity contribution in [2.24, 2.45) is 11.7 Å². The normalized spacial score (nSPS) is 19.7. The van der Waals surface area contributed by atoms with E-state index in [1.54, 1.807) is 6.07 Å². The third-order valence-electron chi connectivity index (χ3n) is 4.48. The van der Waals surface area contributed by atoms with Crippen LogP contribution in [0.4, 0.5) is 4.39 Å². The second kappa shape index (κ2) is 5.96. The Morgan fingerprint density at radius 1 is 1.05 bits per heavy atom. The van der Waals surface area contributed by atoms with E-state index in [1.165, 1.54) is 57.1 Å². The van der Waals surface area contributed by atoms with Crippen molar-refractivity contribution in [3.8, 4) is 0 Å². The fourth-order valence-corrected chi connectivity index (χ4v) is 3.28. The van der Waals surface area contributed by atoms with Crippen LogP contribution in [0.2, 0.25) is 0 Å². The topological polar surface area (TPSA) is 39.2 Å². The van der Waals surface area contributed by atoms with Gasteiger partial charge >= 0.3 is 0 Å². The first-order valence-corrected chi connectivity index (χ1v) is 7.68. The molecule has 2 N–H and O–H groups in total. The quantitative estimate of drug-likeness (QED) is 0.843. The van der Waals surface area contributed by atoms with Crippen LogP contribution in [-0.4, -0.2) is 0 Å². The molecule has 1 fully saturated rings. The summed E-state index contributed by atoms with van der Waals surface area (Å²) >= 11 is 0. The Morgan fingerprint density at radius 3 is 2.50 bits per heavy atom. The highest BCUT2D eigenvalue weighted by Gasteiger charge is 2.23. The van der Waals surface area contributed by atoms with E-state index in [-0.39, 0.29) is 11.9 Å². The van der Waals surface area contributed by atoms with Crippen LogP contribution >= 0.6 is 0 Å². The summed E-state index contributed by atoms with van der Waals surface area (Å²) in [6, 6.07) is 6.45. The highest BCUT2D eigenvalue weighted by molar-refractivity contribution is 5.78. The second-order valence-corrected chi connectivity index (χ2v) is 5.96. The third-order valence-corrected chi connectivity index (χ3v) is 4.48. The van der Waals surface area contributed by atoms with Crippen LogP contribution in [0.15, 0.2) is 28.7 Å². The summed E-state index contributed by atoms with van der Waals surface area (Å²) in [6.07, 6.45) is 8.84. The maximum atomic E-state index is 13.2. The van der Waals surface area contributed by atoms with E-state index in [2.05, 4.69) is 0 Å². The fourth-order valence-electron chi connectivity index (χ4n) is 3.28. The van der Waals surface area contributed by atoms with Crippen LogP contribution in [0.25, 0.3) is 11.0 Å². The Morgan fingerprint density at radius 2 is 1.75 bits per heavy atom. The minimum absolute atomic E-state index is 0.0661. The van der Waals surface area contributed by atoms with Crippen molar-refractivity contribution in [2.45, 2.75) is 51.0 Å². The molecule has 1 aromatic heterocycles. The minimum atomic E-state index is -0.232. The van der Waals surface area contributed by atoms with Gasteiger partial charge in [0, 0.05) is 5.39 Å². The molecule has 2 aromatic rings. The summed E-state index contributed by atoms with van der Waals surface area (Å²) in [5, 5.41) is 0.807. The summed E-state index contributed by atoms with van der Waals surface area (Å²) in [6.45, 7) is 0. The van der Waals surface area contributed by atoms with Crippen molar-refractivity contribution in [3.05, 3.63) is 35.8 Å². The zero-order valence-corrected chi connectivity index (χ0v) is 11.8. The third kappa shape index (κ3) is 2.88. The Bertz CT molecular complexity index is 569. The molecule has 20 heavy (non-hydrogen) atoms. The van der Waals surface area contributed by atoms with Gasteiger partial charge in [0.25, 0.3) is 0 Å². The summed E-state index contributed by atoms with van der Waals surface area (Å²) in [7, 11) is 0. The molecule has 1 aliphatic carbocycles. The largest absolute Gasteiger partial charge is 0.459 e. The van der Waals surface area contributed by atoms with E-state index in [9.17, 15) is 4.39 Å². The van der Waals surface area contributed by atoms with Gasteiger partial charge in [0.1, 0.15) is 17.2 Å². The van der Waals surface area contributed by atoms with E-state index in [4.69, 9.17) is 10.2 Å². The number of rotatable bonds is 2. The van der Waals surface area contributed by atoms with Crippen LogP contribution in [0, 0.1) is 11.7 Å². The number of halogens is 1. The van der Waals surface area contributed by atoms with E-state index in [0.717, 1.165) is 16.7 Å². The van der Waals surface area contributed by atoms with Gasteiger partial charge in [0.2, 0.25) is 0 Å². The van der Waals surface area contributed by atoms with Crippen molar-refractivity contribution in [3.63, 3.8) is 0 Å². The monoisotopic (exact) mass is 275 g/mol. The summed E-state index contributed by atoms with van der Waals surface area (Å²) in [4.78, 5) is 0. The maximum Gasteiger partial charge on any atom is 0.134 e. The van der Waals surface area contributed by atoms with Crippen LogP contribution in [0.3, 0.4) is 0 Å². The summed E-state index contributed by atoms with van der Waals surface area (Å²) < 4.78 is 19.0. The van der Waals surface area contributed by atoms with Gasteiger partial charge in [0.05, 0.1) is 6.04 Å². The first kappa shape index (κ1) is 13.6. The molecule has 0 radical (unpaired) electrons. The van der Waals surface area contributed by atoms with Crippen LogP contribution in [-0.2, 0) is 0 Å². The first-order chi connectivity index (χ1) is 9.74. The Hall–Kier alpha value is -1.35. The van der Waals surface area contributed by atoms with E-state index < -0.39 is 0 Å². The molecule has 3 heteroatoms. The molecule has 0 aliphatic heterocycles. The highest BCUT2D eigenvalue weighted by Crippen LogP contribution is 2.34. The van der Waals surface area contributed by atoms with Crippen LogP contribution < -0.4 is 5.73 Å². The van der Waals surface area contributed by atoms with Crippen molar-refractivity contribution >= 4 is 11.0 Å². The zero-order chi connectivity index (χ0) is 13.9. The number of benzene rings is 1. The lowest BCUT2D eigenvalue weighted by molar-refractivity contribution is 0.301. The Kier molecular flexibility index (Phi) is 4.06. The molecule has 0 saturated heterocycles. The SMILES string of the molecule is NC(c1cc2cc(F)ccc2o1)C1CCCCCCC1. The van der Waals surface area contributed by atoms with Crippen molar-refractivity contribution in [1.82, 2.24) is 0 Å². The zero-order valence-electron chi connectivity index (χ0n) is 11.8. The molecular weight excluding hydrogens is 253 g/mol. The molecule has 3 rings (SSSR count). The predicted molar refractivity (Wildman–Crippen MR) is 78.9 cm³/mol. The Labute approximate surface area is 119 Å². The van der Waals surface area contributed by atoms with Crippen molar-refractivity contribution in [2.75, 3.05) is 0 Å². The first-order valence-electron chi connectivity index (χ1n) is 7.68. The molecule has 1 unspecified atom stereocenters. The van der Waals surface area contributed by atoms with E-state index in [0.29, 0.717) is 5.92 Å². The molecule has 0 bridgehead atoms. The lowest BCUT2D eigenvalue weighted by Crippen LogP contribution is -2.21. The Balaban J connectivity index is 1.81. The summed E-state index contributed by atoms with van der Waals surface area (Å²) in [5.41, 5.74) is 7.13. The van der Waals surface area contributed by atoms with Crippen LogP contribution in [0.1, 0.15) is 56.7 Å². The van der Waals surface area contributed by atoms with Gasteiger partial charge in [0.15, 0.2) is 0 Å². The molecule has 108 valence electrons. The van der Waals surface area contributed by atoms with Gasteiger partial charge in [-0.25, -0.2) is 4.39 Å². The van der Waals surface area contributed by atoms with Gasteiger partial charge in [-0.2, -0.15) is 0 Å². The summed E-state index contributed by atoms with van der Waals surface area (Å²) in [5.74, 6) is 1.06. The number of hydrogen-bond donors (Lipinski definition) is 1. The standard InChI is InChI=1S/C17H22FNO/c18-14-8-9-15-13(10-14)11-16(20-15)17(19)12-6-4-2-1-3-5-7-12/h8-12,17H,1-7,19H2. The van der Waals surface area contributed by atoms with Gasteiger partial charge in [-0.3, -0.25) is 0 Å². The van der Waals surface area contributed by atoms with Gasteiger partial charge < -0.3 is 10.2 Å². The lowest BCUT2D eigenvalue weighted by atomic mass is 9.85. The van der Waals surface area contributed by atoms with E-state index >= 15 is 0 Å². The molecular formula is C17H22FNO. The number of fused-ring (bicyclic) bond motifs is 1. The predicted octanol–water partition coefficient (Wildman–Crippen LogP) is 4.93. The minimum Gasteiger partial charge on any atom is -0.459 e. The molecule has 2 nitrogen and oxygen atoms in total. The molecule has 1 atom stereocenters.